The molecule has 0 bridgehead atoms. The zero-order chi connectivity index (χ0) is 18.7. The van der Waals surface area contributed by atoms with Crippen LogP contribution in [0.2, 0.25) is 0 Å². The molecule has 0 aliphatic carbocycles. The van der Waals surface area contributed by atoms with Crippen LogP contribution < -0.4 is 10.0 Å². The molecule has 3 aromatic carbocycles. The standard InChI is InChI=1S/C19H16F2N2O2S/c1-13-3-2-4-17(11-13)26(24,25)23-15-7-5-14(6-8-15)22-16-9-10-18(20)19(21)12-16/h2-12,22-23H,1H3. The molecule has 0 saturated heterocycles. The van der Waals surface area contributed by atoms with Crippen LogP contribution in [0.3, 0.4) is 0 Å². The van der Waals surface area contributed by atoms with E-state index in [0.29, 0.717) is 17.1 Å². The summed E-state index contributed by atoms with van der Waals surface area (Å²) in [6.07, 6.45) is 0. The molecule has 26 heavy (non-hydrogen) atoms. The number of aryl methyl sites for hydroxylation is 1. The highest BCUT2D eigenvalue weighted by Gasteiger charge is 2.14. The van der Waals surface area contributed by atoms with Gasteiger partial charge >= 0.3 is 0 Å². The first kappa shape index (κ1) is 17.9. The van der Waals surface area contributed by atoms with E-state index in [2.05, 4.69) is 10.0 Å². The Morgan fingerprint density at radius 2 is 1.42 bits per heavy atom. The number of benzene rings is 3. The van der Waals surface area contributed by atoms with Crippen LogP contribution in [0, 0.1) is 18.6 Å². The summed E-state index contributed by atoms with van der Waals surface area (Å²) >= 11 is 0. The molecule has 0 aromatic heterocycles. The van der Waals surface area contributed by atoms with Gasteiger partial charge in [0.2, 0.25) is 0 Å². The summed E-state index contributed by atoms with van der Waals surface area (Å²) in [5.74, 6) is -1.87. The zero-order valence-electron chi connectivity index (χ0n) is 13.8. The van der Waals surface area contributed by atoms with E-state index in [-0.39, 0.29) is 4.90 Å². The molecule has 0 aliphatic heterocycles. The molecule has 134 valence electrons. The molecule has 3 rings (SSSR count). The molecule has 0 atom stereocenters. The second-order valence-corrected chi connectivity index (χ2v) is 7.44. The van der Waals surface area contributed by atoms with Gasteiger partial charge in [0.05, 0.1) is 4.90 Å². The third-order valence-electron chi connectivity index (χ3n) is 3.65. The average Bonchev–Trinajstić information content (AvgIpc) is 2.60. The molecule has 4 nitrogen and oxygen atoms in total. The monoisotopic (exact) mass is 374 g/mol. The number of anilines is 3. The van der Waals surface area contributed by atoms with E-state index in [0.717, 1.165) is 17.7 Å². The molecular formula is C19H16F2N2O2S. The minimum Gasteiger partial charge on any atom is -0.355 e. The molecule has 2 N–H and O–H groups in total. The lowest BCUT2D eigenvalue weighted by Gasteiger charge is -2.11. The van der Waals surface area contributed by atoms with Crippen molar-refractivity contribution in [2.45, 2.75) is 11.8 Å². The van der Waals surface area contributed by atoms with Crippen molar-refractivity contribution >= 4 is 27.1 Å². The smallest absolute Gasteiger partial charge is 0.261 e. The van der Waals surface area contributed by atoms with Crippen LogP contribution in [0.1, 0.15) is 5.56 Å². The minimum atomic E-state index is -3.68. The van der Waals surface area contributed by atoms with E-state index in [9.17, 15) is 17.2 Å². The summed E-state index contributed by atoms with van der Waals surface area (Å²) in [5, 5.41) is 2.92. The first-order valence-electron chi connectivity index (χ1n) is 7.75. The Kier molecular flexibility index (Phi) is 4.90. The van der Waals surface area contributed by atoms with Gasteiger partial charge in [0.25, 0.3) is 10.0 Å². The quantitative estimate of drug-likeness (QED) is 0.673. The van der Waals surface area contributed by atoms with Gasteiger partial charge in [0.15, 0.2) is 11.6 Å². The topological polar surface area (TPSA) is 58.2 Å². The predicted molar refractivity (Wildman–Crippen MR) is 98.1 cm³/mol. The molecule has 0 amide bonds. The van der Waals surface area contributed by atoms with E-state index in [1.807, 2.05) is 13.0 Å². The van der Waals surface area contributed by atoms with Gasteiger partial charge < -0.3 is 5.32 Å². The van der Waals surface area contributed by atoms with Crippen LogP contribution in [-0.4, -0.2) is 8.42 Å². The molecule has 3 aromatic rings. The normalized spacial score (nSPS) is 11.2. The van der Waals surface area contributed by atoms with Crippen LogP contribution in [0.5, 0.6) is 0 Å². The average molecular weight is 374 g/mol. The lowest BCUT2D eigenvalue weighted by atomic mass is 10.2. The second-order valence-electron chi connectivity index (χ2n) is 5.75. The summed E-state index contributed by atoms with van der Waals surface area (Å²) < 4.78 is 53.5. The molecule has 0 saturated carbocycles. The summed E-state index contributed by atoms with van der Waals surface area (Å²) in [6.45, 7) is 1.82. The molecule has 0 heterocycles. The van der Waals surface area contributed by atoms with E-state index in [1.54, 1.807) is 36.4 Å². The summed E-state index contributed by atoms with van der Waals surface area (Å²) in [7, 11) is -3.68. The van der Waals surface area contributed by atoms with Crippen molar-refractivity contribution in [3.63, 3.8) is 0 Å². The largest absolute Gasteiger partial charge is 0.355 e. The van der Waals surface area contributed by atoms with Gasteiger partial charge in [-0.2, -0.15) is 0 Å². The van der Waals surface area contributed by atoms with Gasteiger partial charge in [-0.25, -0.2) is 17.2 Å². The predicted octanol–water partition coefficient (Wildman–Crippen LogP) is 4.82. The highest BCUT2D eigenvalue weighted by Crippen LogP contribution is 2.22. The van der Waals surface area contributed by atoms with Crippen LogP contribution >= 0.6 is 0 Å². The maximum Gasteiger partial charge on any atom is 0.261 e. The van der Waals surface area contributed by atoms with Crippen molar-refractivity contribution in [3.8, 4) is 0 Å². The maximum absolute atomic E-state index is 13.2. The Morgan fingerprint density at radius 1 is 0.769 bits per heavy atom. The SMILES string of the molecule is Cc1cccc(S(=O)(=O)Nc2ccc(Nc3ccc(F)c(F)c3)cc2)c1. The summed E-state index contributed by atoms with van der Waals surface area (Å²) in [5.41, 5.74) is 2.23. The van der Waals surface area contributed by atoms with E-state index < -0.39 is 21.7 Å². The number of hydrogen-bond acceptors (Lipinski definition) is 3. The first-order valence-corrected chi connectivity index (χ1v) is 9.23. The molecule has 0 unspecified atom stereocenters. The maximum atomic E-state index is 13.2. The third-order valence-corrected chi connectivity index (χ3v) is 5.02. The van der Waals surface area contributed by atoms with E-state index in [1.165, 1.54) is 12.1 Å². The molecule has 0 radical (unpaired) electrons. The first-order chi connectivity index (χ1) is 12.3. The van der Waals surface area contributed by atoms with Gasteiger partial charge in [-0.15, -0.1) is 0 Å². The van der Waals surface area contributed by atoms with Crippen molar-refractivity contribution in [1.82, 2.24) is 0 Å². The van der Waals surface area contributed by atoms with Crippen molar-refractivity contribution in [2.75, 3.05) is 10.0 Å². The number of hydrogen-bond donors (Lipinski definition) is 2. The second kappa shape index (κ2) is 7.13. The molecule has 0 aliphatic rings. The highest BCUT2D eigenvalue weighted by molar-refractivity contribution is 7.92. The Hall–Kier alpha value is -2.93. The Balaban J connectivity index is 1.74. The molecule has 0 fully saturated rings. The fourth-order valence-electron chi connectivity index (χ4n) is 2.36. The lowest BCUT2D eigenvalue weighted by Crippen LogP contribution is -2.13. The molecule has 7 heteroatoms. The van der Waals surface area contributed by atoms with Crippen molar-refractivity contribution in [3.05, 3.63) is 83.9 Å². The van der Waals surface area contributed by atoms with Crippen molar-refractivity contribution in [2.24, 2.45) is 0 Å². The Bertz CT molecular complexity index is 1040. The minimum absolute atomic E-state index is 0.182. The van der Waals surface area contributed by atoms with Gasteiger partial charge in [0, 0.05) is 23.1 Å². The number of rotatable bonds is 5. The summed E-state index contributed by atoms with van der Waals surface area (Å²) in [4.78, 5) is 0.182. The zero-order valence-corrected chi connectivity index (χ0v) is 14.6. The van der Waals surface area contributed by atoms with Gasteiger partial charge in [0.1, 0.15) is 0 Å². The Labute approximate surface area is 150 Å². The van der Waals surface area contributed by atoms with Crippen LogP contribution in [-0.2, 0) is 10.0 Å². The van der Waals surface area contributed by atoms with Gasteiger partial charge in [-0.05, 0) is 61.0 Å². The third kappa shape index (κ3) is 4.18. The number of nitrogens with one attached hydrogen (secondary N) is 2. The number of halogens is 2. The van der Waals surface area contributed by atoms with E-state index >= 15 is 0 Å². The van der Waals surface area contributed by atoms with Gasteiger partial charge in [-0.1, -0.05) is 12.1 Å². The lowest BCUT2D eigenvalue weighted by molar-refractivity contribution is 0.509. The molecule has 0 spiro atoms. The van der Waals surface area contributed by atoms with E-state index in [4.69, 9.17) is 0 Å². The number of sulfonamides is 1. The van der Waals surface area contributed by atoms with Crippen LogP contribution in [0.15, 0.2) is 71.6 Å². The van der Waals surface area contributed by atoms with Crippen LogP contribution in [0.4, 0.5) is 25.8 Å². The fraction of sp³-hybridized carbons (Fsp3) is 0.0526. The van der Waals surface area contributed by atoms with Crippen LogP contribution in [0.25, 0.3) is 0 Å². The molecular weight excluding hydrogens is 358 g/mol. The van der Waals surface area contributed by atoms with Crippen molar-refractivity contribution in [1.29, 1.82) is 0 Å². The highest BCUT2D eigenvalue weighted by atomic mass is 32.2. The fourth-order valence-corrected chi connectivity index (χ4v) is 3.52. The Morgan fingerprint density at radius 3 is 2.08 bits per heavy atom. The van der Waals surface area contributed by atoms with Gasteiger partial charge in [-0.3, -0.25) is 4.72 Å². The summed E-state index contributed by atoms with van der Waals surface area (Å²) in [6, 6.07) is 16.5. The van der Waals surface area contributed by atoms with Crippen molar-refractivity contribution < 1.29 is 17.2 Å².